The van der Waals surface area contributed by atoms with Crippen molar-refractivity contribution in [2.75, 3.05) is 26.8 Å². The van der Waals surface area contributed by atoms with E-state index in [4.69, 9.17) is 10.00 Å². The average Bonchev–Trinajstić information content (AvgIpc) is 2.35. The van der Waals surface area contributed by atoms with E-state index in [2.05, 4.69) is 36.1 Å². The lowest BCUT2D eigenvalue weighted by atomic mass is 10.1. The largest absolute Gasteiger partial charge is 0.383 e. The van der Waals surface area contributed by atoms with Gasteiger partial charge in [-0.1, -0.05) is 24.3 Å². The molecule has 0 bridgehead atoms. The predicted octanol–water partition coefficient (Wildman–Crippen LogP) is 2.36. The second-order valence-corrected chi connectivity index (χ2v) is 4.10. The van der Waals surface area contributed by atoms with Gasteiger partial charge in [-0.3, -0.25) is 4.90 Å². The fraction of sp³-hybridized carbons (Fsp3) is 0.500. The molecule has 0 unspecified atom stereocenters. The third-order valence-electron chi connectivity index (χ3n) is 2.81. The lowest BCUT2D eigenvalue weighted by molar-refractivity contribution is 0.145. The van der Waals surface area contributed by atoms with Crippen LogP contribution in [0.4, 0.5) is 0 Å². The quantitative estimate of drug-likeness (QED) is 0.724. The normalized spacial score (nSPS) is 10.5. The van der Waals surface area contributed by atoms with Crippen molar-refractivity contribution in [2.24, 2.45) is 0 Å². The zero-order chi connectivity index (χ0) is 12.5. The molecule has 0 N–H and O–H groups in total. The van der Waals surface area contributed by atoms with E-state index >= 15 is 0 Å². The van der Waals surface area contributed by atoms with Crippen LogP contribution in [-0.4, -0.2) is 31.7 Å². The first-order valence-electron chi connectivity index (χ1n) is 5.90. The van der Waals surface area contributed by atoms with Gasteiger partial charge < -0.3 is 4.74 Å². The molecule has 0 aromatic heterocycles. The highest BCUT2D eigenvalue weighted by Gasteiger charge is 2.06. The second kappa shape index (κ2) is 7.83. The average molecular weight is 232 g/mol. The number of hydrogen-bond acceptors (Lipinski definition) is 3. The number of nitrogens with zero attached hydrogens (tertiary/aromatic N) is 2. The Hall–Kier alpha value is -1.37. The number of nitriles is 1. The molecule has 0 saturated heterocycles. The molecular weight excluding hydrogens is 212 g/mol. The van der Waals surface area contributed by atoms with E-state index in [1.165, 1.54) is 11.1 Å². The van der Waals surface area contributed by atoms with Crippen molar-refractivity contribution in [1.29, 1.82) is 5.26 Å². The Labute approximate surface area is 104 Å². The summed E-state index contributed by atoms with van der Waals surface area (Å²) >= 11 is 0. The minimum atomic E-state index is 0.565. The Balaban J connectivity index is 2.58. The fourth-order valence-electron chi connectivity index (χ4n) is 1.73. The van der Waals surface area contributed by atoms with Crippen LogP contribution in [0.3, 0.4) is 0 Å². The topological polar surface area (TPSA) is 36.3 Å². The summed E-state index contributed by atoms with van der Waals surface area (Å²) in [6, 6.07) is 10.6. The van der Waals surface area contributed by atoms with Gasteiger partial charge in [0.2, 0.25) is 0 Å². The monoisotopic (exact) mass is 232 g/mol. The van der Waals surface area contributed by atoms with E-state index in [1.54, 1.807) is 7.11 Å². The van der Waals surface area contributed by atoms with Crippen molar-refractivity contribution in [2.45, 2.75) is 19.9 Å². The molecule has 0 aliphatic rings. The summed E-state index contributed by atoms with van der Waals surface area (Å²) in [5, 5.41) is 8.65. The summed E-state index contributed by atoms with van der Waals surface area (Å²) in [4.78, 5) is 2.26. The number of hydrogen-bond donors (Lipinski definition) is 0. The number of aryl methyl sites for hydroxylation is 1. The Morgan fingerprint density at radius 3 is 2.71 bits per heavy atom. The summed E-state index contributed by atoms with van der Waals surface area (Å²) < 4.78 is 5.10. The molecule has 1 rings (SSSR count). The van der Waals surface area contributed by atoms with Crippen LogP contribution in [0.1, 0.15) is 17.5 Å². The Morgan fingerprint density at radius 2 is 2.06 bits per heavy atom. The highest BCUT2D eigenvalue weighted by Crippen LogP contribution is 2.10. The number of methoxy groups -OCH3 is 1. The lowest BCUT2D eigenvalue weighted by Crippen LogP contribution is -2.28. The van der Waals surface area contributed by atoms with Gasteiger partial charge in [-0.05, 0) is 18.1 Å². The molecule has 0 saturated carbocycles. The molecule has 0 aliphatic carbocycles. The van der Waals surface area contributed by atoms with Gasteiger partial charge in [0.25, 0.3) is 0 Å². The second-order valence-electron chi connectivity index (χ2n) is 4.10. The van der Waals surface area contributed by atoms with Crippen LogP contribution < -0.4 is 0 Å². The van der Waals surface area contributed by atoms with E-state index < -0.39 is 0 Å². The Kier molecular flexibility index (Phi) is 6.31. The summed E-state index contributed by atoms with van der Waals surface area (Å²) in [6.07, 6.45) is 0.565. The molecule has 0 radical (unpaired) electrons. The Bertz CT molecular complexity index is 371. The van der Waals surface area contributed by atoms with E-state index in [9.17, 15) is 0 Å². The van der Waals surface area contributed by atoms with Crippen LogP contribution in [-0.2, 0) is 11.3 Å². The minimum Gasteiger partial charge on any atom is -0.383 e. The first kappa shape index (κ1) is 13.7. The SMILES string of the molecule is COCCN(CCC#N)Cc1ccccc1C. The van der Waals surface area contributed by atoms with Gasteiger partial charge >= 0.3 is 0 Å². The first-order valence-corrected chi connectivity index (χ1v) is 5.90. The van der Waals surface area contributed by atoms with Crippen LogP contribution in [0, 0.1) is 18.3 Å². The van der Waals surface area contributed by atoms with E-state index in [1.807, 2.05) is 6.07 Å². The maximum absolute atomic E-state index is 8.65. The van der Waals surface area contributed by atoms with Crippen LogP contribution in [0.25, 0.3) is 0 Å². The molecule has 3 heteroatoms. The van der Waals surface area contributed by atoms with Crippen molar-refractivity contribution >= 4 is 0 Å². The number of ether oxygens (including phenoxy) is 1. The maximum atomic E-state index is 8.65. The smallest absolute Gasteiger partial charge is 0.0635 e. The van der Waals surface area contributed by atoms with E-state index in [0.29, 0.717) is 13.0 Å². The highest BCUT2D eigenvalue weighted by molar-refractivity contribution is 5.25. The summed E-state index contributed by atoms with van der Waals surface area (Å²) in [5.74, 6) is 0. The molecule has 0 fully saturated rings. The highest BCUT2D eigenvalue weighted by atomic mass is 16.5. The van der Waals surface area contributed by atoms with Gasteiger partial charge in [0.05, 0.1) is 12.7 Å². The molecule has 17 heavy (non-hydrogen) atoms. The van der Waals surface area contributed by atoms with Gasteiger partial charge in [-0.15, -0.1) is 0 Å². The summed E-state index contributed by atoms with van der Waals surface area (Å²) in [6.45, 7) is 5.38. The van der Waals surface area contributed by atoms with Crippen LogP contribution in [0.5, 0.6) is 0 Å². The zero-order valence-corrected chi connectivity index (χ0v) is 10.6. The standard InChI is InChI=1S/C14H20N2O/c1-13-6-3-4-7-14(13)12-16(9-5-8-15)10-11-17-2/h3-4,6-7H,5,9-12H2,1-2H3. The summed E-state index contributed by atoms with van der Waals surface area (Å²) in [7, 11) is 1.70. The first-order chi connectivity index (χ1) is 8.27. The van der Waals surface area contributed by atoms with Crippen molar-refractivity contribution < 1.29 is 4.74 Å². The molecule has 0 heterocycles. The molecule has 92 valence electrons. The van der Waals surface area contributed by atoms with Gasteiger partial charge in [-0.2, -0.15) is 5.26 Å². The molecule has 0 atom stereocenters. The van der Waals surface area contributed by atoms with E-state index in [0.717, 1.165) is 19.6 Å². The zero-order valence-electron chi connectivity index (χ0n) is 10.6. The third kappa shape index (κ3) is 4.99. The minimum absolute atomic E-state index is 0.565. The van der Waals surface area contributed by atoms with Crippen LogP contribution in [0.2, 0.25) is 0 Å². The van der Waals surface area contributed by atoms with Crippen molar-refractivity contribution in [1.82, 2.24) is 4.90 Å². The van der Waals surface area contributed by atoms with Gasteiger partial charge in [0.15, 0.2) is 0 Å². The predicted molar refractivity (Wildman–Crippen MR) is 68.6 cm³/mol. The van der Waals surface area contributed by atoms with Gasteiger partial charge in [0.1, 0.15) is 0 Å². The maximum Gasteiger partial charge on any atom is 0.0635 e. The summed E-state index contributed by atoms with van der Waals surface area (Å²) in [5.41, 5.74) is 2.62. The molecule has 1 aromatic rings. The van der Waals surface area contributed by atoms with Gasteiger partial charge in [0, 0.05) is 33.2 Å². The molecule has 3 nitrogen and oxygen atoms in total. The Morgan fingerprint density at radius 1 is 1.29 bits per heavy atom. The molecular formula is C14H20N2O. The lowest BCUT2D eigenvalue weighted by Gasteiger charge is -2.21. The molecule has 0 aliphatic heterocycles. The molecule has 0 spiro atoms. The number of rotatable bonds is 7. The third-order valence-corrected chi connectivity index (χ3v) is 2.81. The number of benzene rings is 1. The van der Waals surface area contributed by atoms with E-state index in [-0.39, 0.29) is 0 Å². The molecule has 0 amide bonds. The van der Waals surface area contributed by atoms with Crippen LogP contribution >= 0.6 is 0 Å². The molecule has 1 aromatic carbocycles. The van der Waals surface area contributed by atoms with Crippen molar-refractivity contribution in [3.8, 4) is 6.07 Å². The van der Waals surface area contributed by atoms with Crippen molar-refractivity contribution in [3.63, 3.8) is 0 Å². The fourth-order valence-corrected chi connectivity index (χ4v) is 1.73. The van der Waals surface area contributed by atoms with Gasteiger partial charge in [-0.25, -0.2) is 0 Å². The van der Waals surface area contributed by atoms with Crippen LogP contribution in [0.15, 0.2) is 24.3 Å². The van der Waals surface area contributed by atoms with Crippen molar-refractivity contribution in [3.05, 3.63) is 35.4 Å².